The number of rotatable bonds is 5. The van der Waals surface area contributed by atoms with E-state index in [0.717, 1.165) is 16.9 Å². The van der Waals surface area contributed by atoms with Crippen LogP contribution < -0.4 is 10.1 Å². The fraction of sp³-hybridized carbons (Fsp3) is 0.211. The van der Waals surface area contributed by atoms with Crippen LogP contribution in [0.1, 0.15) is 11.1 Å². The lowest BCUT2D eigenvalue weighted by Gasteiger charge is -2.06. The Bertz CT molecular complexity index is 819. The predicted molar refractivity (Wildman–Crippen MR) is 91.5 cm³/mol. The van der Waals surface area contributed by atoms with Gasteiger partial charge in [0.2, 0.25) is 5.91 Å². The molecule has 3 rings (SSSR count). The molecule has 3 aromatic rings. The van der Waals surface area contributed by atoms with Gasteiger partial charge in [0.1, 0.15) is 5.75 Å². The number of ether oxygens (including phenoxy) is 1. The van der Waals surface area contributed by atoms with E-state index in [1.807, 2.05) is 43.4 Å². The van der Waals surface area contributed by atoms with Crippen molar-refractivity contribution in [2.45, 2.75) is 13.0 Å². The molecule has 0 aliphatic rings. The summed E-state index contributed by atoms with van der Waals surface area (Å²) in [5.41, 5.74) is 3.28. The van der Waals surface area contributed by atoms with Crippen LogP contribution in [0.5, 0.6) is 5.75 Å². The van der Waals surface area contributed by atoms with Crippen LogP contribution in [0.15, 0.2) is 54.7 Å². The van der Waals surface area contributed by atoms with Crippen molar-refractivity contribution >= 4 is 16.8 Å². The van der Waals surface area contributed by atoms with E-state index >= 15 is 0 Å². The molecule has 4 nitrogen and oxygen atoms in total. The Balaban J connectivity index is 1.63. The predicted octanol–water partition coefficient (Wildman–Crippen LogP) is 3.05. The zero-order chi connectivity index (χ0) is 16.2. The Labute approximate surface area is 135 Å². The summed E-state index contributed by atoms with van der Waals surface area (Å²) < 4.78 is 7.20. The van der Waals surface area contributed by atoms with E-state index in [1.54, 1.807) is 7.11 Å². The van der Waals surface area contributed by atoms with E-state index in [1.165, 1.54) is 10.9 Å². The summed E-state index contributed by atoms with van der Waals surface area (Å²) in [5, 5.41) is 4.18. The monoisotopic (exact) mass is 308 g/mol. The highest BCUT2D eigenvalue weighted by molar-refractivity contribution is 5.85. The number of aromatic nitrogens is 1. The molecule has 1 amide bonds. The van der Waals surface area contributed by atoms with Crippen molar-refractivity contribution in [1.29, 1.82) is 0 Å². The molecule has 23 heavy (non-hydrogen) atoms. The Morgan fingerprint density at radius 1 is 1.13 bits per heavy atom. The van der Waals surface area contributed by atoms with Gasteiger partial charge < -0.3 is 14.6 Å². The minimum atomic E-state index is 0.0168. The molecule has 1 aromatic heterocycles. The van der Waals surface area contributed by atoms with E-state index in [0.29, 0.717) is 13.0 Å². The van der Waals surface area contributed by atoms with Crippen LogP contribution in [-0.4, -0.2) is 17.6 Å². The highest BCUT2D eigenvalue weighted by Gasteiger charge is 2.08. The molecule has 4 heteroatoms. The van der Waals surface area contributed by atoms with E-state index in [4.69, 9.17) is 4.74 Å². The lowest BCUT2D eigenvalue weighted by atomic mass is 10.1. The van der Waals surface area contributed by atoms with Crippen molar-refractivity contribution in [2.75, 3.05) is 7.11 Å². The average molecular weight is 308 g/mol. The molecule has 0 atom stereocenters. The third-order valence-electron chi connectivity index (χ3n) is 3.98. The maximum Gasteiger partial charge on any atom is 0.224 e. The molecule has 0 unspecified atom stereocenters. The average Bonchev–Trinajstić information content (AvgIpc) is 2.90. The smallest absolute Gasteiger partial charge is 0.224 e. The molecule has 0 bridgehead atoms. The molecular weight excluding hydrogens is 288 g/mol. The van der Waals surface area contributed by atoms with Gasteiger partial charge in [0.15, 0.2) is 0 Å². The maximum atomic E-state index is 12.1. The van der Waals surface area contributed by atoms with Crippen LogP contribution >= 0.6 is 0 Å². The topological polar surface area (TPSA) is 43.3 Å². The van der Waals surface area contributed by atoms with E-state index in [2.05, 4.69) is 28.2 Å². The summed E-state index contributed by atoms with van der Waals surface area (Å²) in [4.78, 5) is 12.1. The minimum Gasteiger partial charge on any atom is -0.497 e. The summed E-state index contributed by atoms with van der Waals surface area (Å²) in [5.74, 6) is 0.813. The third kappa shape index (κ3) is 3.37. The molecular formula is C19H20N2O2. The number of methoxy groups -OCH3 is 1. The van der Waals surface area contributed by atoms with Crippen molar-refractivity contribution in [3.63, 3.8) is 0 Å². The molecule has 0 aliphatic heterocycles. The van der Waals surface area contributed by atoms with E-state index in [-0.39, 0.29) is 5.91 Å². The van der Waals surface area contributed by atoms with Gasteiger partial charge in [0.05, 0.1) is 13.5 Å². The van der Waals surface area contributed by atoms with Gasteiger partial charge in [-0.2, -0.15) is 0 Å². The largest absolute Gasteiger partial charge is 0.497 e. The zero-order valence-electron chi connectivity index (χ0n) is 13.4. The second-order valence-corrected chi connectivity index (χ2v) is 5.58. The third-order valence-corrected chi connectivity index (χ3v) is 3.98. The van der Waals surface area contributed by atoms with Gasteiger partial charge in [-0.3, -0.25) is 4.79 Å². The van der Waals surface area contributed by atoms with Crippen LogP contribution in [0.4, 0.5) is 0 Å². The van der Waals surface area contributed by atoms with Crippen LogP contribution in [-0.2, 0) is 24.8 Å². The first-order valence-electron chi connectivity index (χ1n) is 7.60. The molecule has 1 N–H and O–H groups in total. The number of aryl methyl sites for hydroxylation is 1. The van der Waals surface area contributed by atoms with Gasteiger partial charge in [-0.05, 0) is 29.3 Å². The second-order valence-electron chi connectivity index (χ2n) is 5.58. The zero-order valence-corrected chi connectivity index (χ0v) is 13.4. The summed E-state index contributed by atoms with van der Waals surface area (Å²) >= 11 is 0. The van der Waals surface area contributed by atoms with Crippen LogP contribution in [0.3, 0.4) is 0 Å². The van der Waals surface area contributed by atoms with Gasteiger partial charge in [-0.25, -0.2) is 0 Å². The van der Waals surface area contributed by atoms with Gasteiger partial charge in [-0.15, -0.1) is 0 Å². The van der Waals surface area contributed by atoms with Crippen molar-refractivity contribution in [3.8, 4) is 5.75 Å². The Morgan fingerprint density at radius 3 is 2.61 bits per heavy atom. The number of nitrogens with one attached hydrogen (secondary N) is 1. The number of carbonyl (C=O) groups excluding carboxylic acids is 1. The molecule has 0 spiro atoms. The minimum absolute atomic E-state index is 0.0168. The maximum absolute atomic E-state index is 12.1. The number of para-hydroxylation sites is 1. The SMILES string of the molecule is COc1ccc(CC(=O)NCc2cn(C)c3ccccc23)cc1. The van der Waals surface area contributed by atoms with Gasteiger partial charge in [0, 0.05) is 30.7 Å². The van der Waals surface area contributed by atoms with Gasteiger partial charge in [-0.1, -0.05) is 30.3 Å². The normalized spacial score (nSPS) is 10.7. The number of amides is 1. The molecule has 0 saturated heterocycles. The van der Waals surface area contributed by atoms with Crippen molar-refractivity contribution in [2.24, 2.45) is 7.05 Å². The lowest BCUT2D eigenvalue weighted by Crippen LogP contribution is -2.24. The number of hydrogen-bond donors (Lipinski definition) is 1. The second kappa shape index (κ2) is 6.57. The van der Waals surface area contributed by atoms with Crippen LogP contribution in [0, 0.1) is 0 Å². The summed E-state index contributed by atoms with van der Waals surface area (Å²) in [6.45, 7) is 0.538. The van der Waals surface area contributed by atoms with E-state index < -0.39 is 0 Å². The number of fused-ring (bicyclic) bond motifs is 1. The molecule has 0 aliphatic carbocycles. The fourth-order valence-electron chi connectivity index (χ4n) is 2.75. The highest BCUT2D eigenvalue weighted by atomic mass is 16.5. The molecule has 0 fully saturated rings. The quantitative estimate of drug-likeness (QED) is 0.787. The summed E-state index contributed by atoms with van der Waals surface area (Å²) in [7, 11) is 3.65. The van der Waals surface area contributed by atoms with Crippen molar-refractivity contribution in [3.05, 3.63) is 65.9 Å². The first-order chi connectivity index (χ1) is 11.2. The van der Waals surface area contributed by atoms with Crippen molar-refractivity contribution in [1.82, 2.24) is 9.88 Å². The standard InChI is InChI=1S/C19H20N2O2/c1-21-13-15(17-5-3-4-6-18(17)21)12-20-19(22)11-14-7-9-16(23-2)10-8-14/h3-10,13H,11-12H2,1-2H3,(H,20,22). The fourth-order valence-corrected chi connectivity index (χ4v) is 2.75. The van der Waals surface area contributed by atoms with Crippen molar-refractivity contribution < 1.29 is 9.53 Å². The molecule has 1 heterocycles. The molecule has 118 valence electrons. The lowest BCUT2D eigenvalue weighted by molar-refractivity contribution is -0.120. The van der Waals surface area contributed by atoms with Crippen LogP contribution in [0.2, 0.25) is 0 Å². The first-order valence-corrected chi connectivity index (χ1v) is 7.60. The molecule has 0 radical (unpaired) electrons. The number of hydrogen-bond acceptors (Lipinski definition) is 2. The first kappa shape index (κ1) is 15.2. The molecule has 2 aromatic carbocycles. The number of carbonyl (C=O) groups is 1. The highest BCUT2D eigenvalue weighted by Crippen LogP contribution is 2.20. The van der Waals surface area contributed by atoms with Crippen LogP contribution in [0.25, 0.3) is 10.9 Å². The Morgan fingerprint density at radius 2 is 1.87 bits per heavy atom. The number of nitrogens with zero attached hydrogens (tertiary/aromatic N) is 1. The Kier molecular flexibility index (Phi) is 4.33. The van der Waals surface area contributed by atoms with Gasteiger partial charge in [0.25, 0.3) is 0 Å². The number of benzene rings is 2. The van der Waals surface area contributed by atoms with E-state index in [9.17, 15) is 4.79 Å². The molecule has 0 saturated carbocycles. The summed E-state index contributed by atoms with van der Waals surface area (Å²) in [6.07, 6.45) is 2.44. The summed E-state index contributed by atoms with van der Waals surface area (Å²) in [6, 6.07) is 15.8. The van der Waals surface area contributed by atoms with Gasteiger partial charge >= 0.3 is 0 Å². The Hall–Kier alpha value is -2.75.